The molecule has 2 aliphatic rings. The molecule has 1 saturated carbocycles. The molecule has 0 radical (unpaired) electrons. The summed E-state index contributed by atoms with van der Waals surface area (Å²) in [6, 6.07) is 5.21. The van der Waals surface area contributed by atoms with E-state index in [2.05, 4.69) is 12.2 Å². The summed E-state index contributed by atoms with van der Waals surface area (Å²) in [4.78, 5) is 27.9. The van der Waals surface area contributed by atoms with Crippen LogP contribution in [-0.2, 0) is 9.59 Å². The van der Waals surface area contributed by atoms with E-state index < -0.39 is 0 Å². The predicted octanol–water partition coefficient (Wildman–Crippen LogP) is 4.52. The minimum Gasteiger partial charge on any atom is -0.353 e. The van der Waals surface area contributed by atoms with Crippen LogP contribution < -0.4 is 5.32 Å². The lowest BCUT2D eigenvalue weighted by Gasteiger charge is -2.41. The second-order valence-electron chi connectivity index (χ2n) is 8.59. The smallest absolute Gasteiger partial charge is 0.226 e. The number of hydrogen-bond donors (Lipinski definition) is 1. The van der Waals surface area contributed by atoms with Crippen molar-refractivity contribution in [3.63, 3.8) is 0 Å². The Kier molecular flexibility index (Phi) is 6.73. The number of likely N-dealkylation sites (tertiary alicyclic amines) is 1. The van der Waals surface area contributed by atoms with Crippen LogP contribution in [0.4, 0.5) is 4.39 Å². The van der Waals surface area contributed by atoms with Gasteiger partial charge in [-0.15, -0.1) is 0 Å². The number of nitrogens with zero attached hydrogens (tertiary/aromatic N) is 1. The third-order valence-corrected chi connectivity index (χ3v) is 6.51. The first-order chi connectivity index (χ1) is 13.4. The SMILES string of the molecule is CCC(C)NC(=O)C1CCC(c2ccc(F)c(C)c2)N(C(=O)C2CCCC2)C1. The number of aryl methyl sites for hydroxylation is 1. The van der Waals surface area contributed by atoms with Crippen LogP contribution in [0, 0.1) is 24.6 Å². The number of halogens is 1. The molecule has 154 valence electrons. The zero-order chi connectivity index (χ0) is 20.3. The van der Waals surface area contributed by atoms with Gasteiger partial charge in [-0.25, -0.2) is 4.39 Å². The molecule has 1 aliphatic carbocycles. The Hall–Kier alpha value is -1.91. The lowest BCUT2D eigenvalue weighted by Crippen LogP contribution is -2.49. The highest BCUT2D eigenvalue weighted by molar-refractivity contribution is 5.83. The molecule has 1 aromatic carbocycles. The van der Waals surface area contributed by atoms with Crippen LogP contribution in [0.3, 0.4) is 0 Å². The molecule has 4 nitrogen and oxygen atoms in total. The average molecular weight is 389 g/mol. The average Bonchev–Trinajstić information content (AvgIpc) is 3.23. The van der Waals surface area contributed by atoms with Gasteiger partial charge in [0.15, 0.2) is 0 Å². The van der Waals surface area contributed by atoms with Crippen LogP contribution in [0.1, 0.15) is 76.0 Å². The molecule has 2 amide bonds. The predicted molar refractivity (Wildman–Crippen MR) is 108 cm³/mol. The number of carbonyl (C=O) groups excluding carboxylic acids is 2. The van der Waals surface area contributed by atoms with E-state index in [1.54, 1.807) is 13.0 Å². The molecule has 3 unspecified atom stereocenters. The number of nitrogens with one attached hydrogen (secondary N) is 1. The Morgan fingerprint density at radius 1 is 1.18 bits per heavy atom. The summed E-state index contributed by atoms with van der Waals surface area (Å²) in [5.74, 6) is -0.102. The van der Waals surface area contributed by atoms with Crippen molar-refractivity contribution in [2.24, 2.45) is 11.8 Å². The fraction of sp³-hybridized carbons (Fsp3) is 0.652. The molecule has 1 N–H and O–H groups in total. The molecule has 1 saturated heterocycles. The van der Waals surface area contributed by atoms with Gasteiger partial charge in [0, 0.05) is 18.5 Å². The third kappa shape index (κ3) is 4.56. The van der Waals surface area contributed by atoms with E-state index in [-0.39, 0.29) is 41.6 Å². The minimum atomic E-state index is -0.223. The lowest BCUT2D eigenvalue weighted by atomic mass is 9.86. The number of amides is 2. The standard InChI is InChI=1S/C23H33FN2O2/c1-4-16(3)25-22(27)19-10-12-21(18-9-11-20(24)15(2)13-18)26(14-19)23(28)17-7-5-6-8-17/h9,11,13,16-17,19,21H,4-8,10,12,14H2,1-3H3,(H,25,27). The van der Waals surface area contributed by atoms with Gasteiger partial charge in [-0.2, -0.15) is 0 Å². The Labute approximate surface area is 167 Å². The largest absolute Gasteiger partial charge is 0.353 e. The van der Waals surface area contributed by atoms with Crippen molar-refractivity contribution in [1.29, 1.82) is 0 Å². The minimum absolute atomic E-state index is 0.0484. The zero-order valence-corrected chi connectivity index (χ0v) is 17.3. The Balaban J connectivity index is 1.82. The summed E-state index contributed by atoms with van der Waals surface area (Å²) < 4.78 is 13.8. The molecule has 28 heavy (non-hydrogen) atoms. The van der Waals surface area contributed by atoms with Crippen LogP contribution in [0.25, 0.3) is 0 Å². The summed E-state index contributed by atoms with van der Waals surface area (Å²) in [6.45, 7) is 6.27. The quantitative estimate of drug-likeness (QED) is 0.806. The maximum absolute atomic E-state index is 13.8. The summed E-state index contributed by atoms with van der Waals surface area (Å²) in [5, 5.41) is 3.07. The highest BCUT2D eigenvalue weighted by Crippen LogP contribution is 2.37. The number of benzene rings is 1. The molecule has 2 fully saturated rings. The fourth-order valence-corrected chi connectivity index (χ4v) is 4.52. The number of carbonyl (C=O) groups is 2. The van der Waals surface area contributed by atoms with E-state index in [4.69, 9.17) is 0 Å². The third-order valence-electron chi connectivity index (χ3n) is 6.51. The van der Waals surface area contributed by atoms with Crippen molar-refractivity contribution in [3.05, 3.63) is 35.1 Å². The maximum atomic E-state index is 13.8. The van der Waals surface area contributed by atoms with E-state index >= 15 is 0 Å². The van der Waals surface area contributed by atoms with Crippen molar-refractivity contribution in [2.45, 2.75) is 77.8 Å². The van der Waals surface area contributed by atoms with Crippen molar-refractivity contribution in [1.82, 2.24) is 10.2 Å². The summed E-state index contributed by atoms with van der Waals surface area (Å²) in [5.41, 5.74) is 1.58. The molecule has 1 aliphatic heterocycles. The lowest BCUT2D eigenvalue weighted by molar-refractivity contribution is -0.142. The first-order valence-electron chi connectivity index (χ1n) is 10.8. The van der Waals surface area contributed by atoms with Gasteiger partial charge in [-0.1, -0.05) is 31.9 Å². The first kappa shape index (κ1) is 20.8. The van der Waals surface area contributed by atoms with E-state index in [0.29, 0.717) is 12.1 Å². The van der Waals surface area contributed by atoms with E-state index in [1.807, 2.05) is 17.9 Å². The fourth-order valence-electron chi connectivity index (χ4n) is 4.52. The van der Waals surface area contributed by atoms with Gasteiger partial charge in [0.05, 0.1) is 12.0 Å². The topological polar surface area (TPSA) is 49.4 Å². The van der Waals surface area contributed by atoms with Gasteiger partial charge < -0.3 is 10.2 Å². The molecule has 0 aromatic heterocycles. The van der Waals surface area contributed by atoms with Crippen molar-refractivity contribution >= 4 is 11.8 Å². The van der Waals surface area contributed by atoms with E-state index in [0.717, 1.165) is 50.5 Å². The van der Waals surface area contributed by atoms with E-state index in [1.165, 1.54) is 6.07 Å². The Morgan fingerprint density at radius 2 is 1.89 bits per heavy atom. The molecule has 1 aromatic rings. The molecular formula is C23H33FN2O2. The highest BCUT2D eigenvalue weighted by Gasteiger charge is 2.38. The normalized spacial score (nSPS) is 24.2. The van der Waals surface area contributed by atoms with E-state index in [9.17, 15) is 14.0 Å². The van der Waals surface area contributed by atoms with Gasteiger partial charge in [-0.3, -0.25) is 9.59 Å². The second-order valence-corrected chi connectivity index (χ2v) is 8.59. The Bertz CT molecular complexity index is 715. The second kappa shape index (κ2) is 9.06. The zero-order valence-electron chi connectivity index (χ0n) is 17.3. The van der Waals surface area contributed by atoms with Crippen LogP contribution in [-0.4, -0.2) is 29.3 Å². The molecule has 1 heterocycles. The molecule has 5 heteroatoms. The summed E-state index contributed by atoms with van der Waals surface area (Å²) >= 11 is 0. The number of rotatable bonds is 5. The number of piperidine rings is 1. The van der Waals surface area contributed by atoms with Crippen LogP contribution in [0.15, 0.2) is 18.2 Å². The summed E-state index contributed by atoms with van der Waals surface area (Å²) in [7, 11) is 0. The highest BCUT2D eigenvalue weighted by atomic mass is 19.1. The summed E-state index contributed by atoms with van der Waals surface area (Å²) in [6.07, 6.45) is 6.45. The van der Waals surface area contributed by atoms with Gasteiger partial charge in [0.1, 0.15) is 5.82 Å². The maximum Gasteiger partial charge on any atom is 0.226 e. The van der Waals surface area contributed by atoms with Crippen molar-refractivity contribution in [3.8, 4) is 0 Å². The van der Waals surface area contributed by atoms with Gasteiger partial charge >= 0.3 is 0 Å². The van der Waals surface area contributed by atoms with Crippen molar-refractivity contribution < 1.29 is 14.0 Å². The molecule has 0 spiro atoms. The van der Waals surface area contributed by atoms with Gasteiger partial charge in [0.2, 0.25) is 11.8 Å². The van der Waals surface area contributed by atoms with Crippen LogP contribution in [0.5, 0.6) is 0 Å². The number of hydrogen-bond acceptors (Lipinski definition) is 2. The molecule has 3 rings (SSSR count). The van der Waals surface area contributed by atoms with Crippen LogP contribution in [0.2, 0.25) is 0 Å². The molecular weight excluding hydrogens is 355 g/mol. The monoisotopic (exact) mass is 388 g/mol. The van der Waals surface area contributed by atoms with Gasteiger partial charge in [0.25, 0.3) is 0 Å². The molecule has 3 atom stereocenters. The van der Waals surface area contributed by atoms with Crippen molar-refractivity contribution in [2.75, 3.05) is 6.54 Å². The first-order valence-corrected chi connectivity index (χ1v) is 10.8. The molecule has 0 bridgehead atoms. The Morgan fingerprint density at radius 3 is 2.54 bits per heavy atom. The van der Waals surface area contributed by atoms with Gasteiger partial charge in [-0.05, 0) is 63.1 Å². The van der Waals surface area contributed by atoms with Crippen LogP contribution >= 0.6 is 0 Å².